The highest BCUT2D eigenvalue weighted by atomic mass is 19.2. The average Bonchev–Trinajstić information content (AvgIpc) is 3.22. The number of fused-ring (bicyclic) bond motifs is 1. The summed E-state index contributed by atoms with van der Waals surface area (Å²) < 4.78 is 28.5. The van der Waals surface area contributed by atoms with Crippen LogP contribution in [0.4, 0.5) is 8.78 Å². The number of imidazole rings is 1. The molecule has 0 spiro atoms. The average molecular weight is 343 g/mol. The number of aliphatic hydroxyl groups excluding tert-OH is 1. The molecule has 1 aromatic carbocycles. The Morgan fingerprint density at radius 1 is 1.20 bits per heavy atom. The van der Waals surface area contributed by atoms with Crippen molar-refractivity contribution in [2.45, 2.75) is 18.6 Å². The molecule has 1 N–H and O–H groups in total. The number of hydrogen-bond acceptors (Lipinski definition) is 3. The van der Waals surface area contributed by atoms with Gasteiger partial charge in [0.05, 0.1) is 35.8 Å². The van der Waals surface area contributed by atoms with Gasteiger partial charge in [-0.15, -0.1) is 0 Å². The number of amides is 1. The van der Waals surface area contributed by atoms with E-state index in [9.17, 15) is 18.7 Å². The van der Waals surface area contributed by atoms with Crippen LogP contribution in [0.15, 0.2) is 49.1 Å². The Morgan fingerprint density at radius 3 is 2.84 bits per heavy atom. The number of carbonyl (C=O) groups excluding carboxylic acids is 1. The normalized spacial score (nSPS) is 20.4. The third-order valence-electron chi connectivity index (χ3n) is 4.52. The minimum absolute atomic E-state index is 0.143. The Balaban J connectivity index is 1.68. The second-order valence-electron chi connectivity index (χ2n) is 6.18. The fourth-order valence-electron chi connectivity index (χ4n) is 3.29. The van der Waals surface area contributed by atoms with Gasteiger partial charge in [-0.25, -0.2) is 13.8 Å². The van der Waals surface area contributed by atoms with Crippen molar-refractivity contribution in [2.24, 2.45) is 0 Å². The van der Waals surface area contributed by atoms with Crippen molar-refractivity contribution in [1.82, 2.24) is 14.3 Å². The van der Waals surface area contributed by atoms with Crippen LogP contribution >= 0.6 is 0 Å². The lowest BCUT2D eigenvalue weighted by Crippen LogP contribution is -2.32. The number of β-amino-alcohol motifs (C(OH)–C–C–N with tert-alkyl or cyclic N) is 1. The molecule has 3 heterocycles. The molecule has 2 aromatic heterocycles. The molecule has 128 valence electrons. The number of aliphatic hydroxyl groups is 1. The molecule has 0 bridgehead atoms. The van der Waals surface area contributed by atoms with E-state index in [0.717, 1.165) is 17.6 Å². The number of hydrogen-bond donors (Lipinski definition) is 1. The first kappa shape index (κ1) is 15.7. The quantitative estimate of drug-likeness (QED) is 0.778. The lowest BCUT2D eigenvalue weighted by Gasteiger charge is -2.25. The van der Waals surface area contributed by atoms with Crippen LogP contribution in [0.3, 0.4) is 0 Å². The summed E-state index contributed by atoms with van der Waals surface area (Å²) in [6, 6.07) is 6.52. The number of aromatic nitrogens is 2. The van der Waals surface area contributed by atoms with Gasteiger partial charge in [0.15, 0.2) is 11.6 Å². The third-order valence-corrected chi connectivity index (χ3v) is 4.52. The molecule has 5 nitrogen and oxygen atoms in total. The minimum atomic E-state index is -0.967. The Morgan fingerprint density at radius 2 is 2.04 bits per heavy atom. The van der Waals surface area contributed by atoms with Crippen molar-refractivity contribution in [3.8, 4) is 0 Å². The maximum atomic E-state index is 13.6. The zero-order chi connectivity index (χ0) is 17.6. The molecule has 0 saturated carbocycles. The van der Waals surface area contributed by atoms with Gasteiger partial charge in [0.25, 0.3) is 5.91 Å². The van der Waals surface area contributed by atoms with Crippen molar-refractivity contribution in [3.05, 3.63) is 71.8 Å². The molecule has 0 radical (unpaired) electrons. The molecule has 1 saturated heterocycles. The first-order chi connectivity index (χ1) is 12.0. The van der Waals surface area contributed by atoms with Crippen molar-refractivity contribution in [2.75, 3.05) is 6.54 Å². The standard InChI is InChI=1S/C18H15F2N3O2/c19-15-4-2-11(5-16(15)20)17-6-14(24)9-23(17)18(25)12-1-3-13-7-21-10-22(13)8-12/h1-5,7-8,10,14,17,24H,6,9H2/t14-,17-/m0/s1. The van der Waals surface area contributed by atoms with E-state index in [1.807, 2.05) is 0 Å². The lowest BCUT2D eigenvalue weighted by atomic mass is 10.0. The molecular weight excluding hydrogens is 328 g/mol. The first-order valence-corrected chi connectivity index (χ1v) is 7.88. The number of likely N-dealkylation sites (tertiary alicyclic amines) is 1. The van der Waals surface area contributed by atoms with Crippen LogP contribution in [-0.4, -0.2) is 37.9 Å². The summed E-state index contributed by atoms with van der Waals surface area (Å²) in [7, 11) is 0. The highest BCUT2D eigenvalue weighted by molar-refractivity contribution is 5.94. The van der Waals surface area contributed by atoms with Crippen LogP contribution in [0, 0.1) is 11.6 Å². The number of rotatable bonds is 2. The van der Waals surface area contributed by atoms with E-state index in [1.54, 1.807) is 35.3 Å². The molecule has 1 fully saturated rings. The van der Waals surface area contributed by atoms with E-state index in [2.05, 4.69) is 4.98 Å². The van der Waals surface area contributed by atoms with Crippen LogP contribution in [0.1, 0.15) is 28.4 Å². The Kier molecular flexibility index (Phi) is 3.73. The molecule has 0 unspecified atom stereocenters. The summed E-state index contributed by atoms with van der Waals surface area (Å²) in [4.78, 5) is 18.4. The highest BCUT2D eigenvalue weighted by Crippen LogP contribution is 2.34. The van der Waals surface area contributed by atoms with Crippen molar-refractivity contribution in [3.63, 3.8) is 0 Å². The van der Waals surface area contributed by atoms with E-state index in [1.165, 1.54) is 11.0 Å². The SMILES string of the molecule is O=C(c1ccc2cncn2c1)N1C[C@@H](O)C[C@H]1c1ccc(F)c(F)c1. The predicted molar refractivity (Wildman–Crippen MR) is 86.0 cm³/mol. The number of nitrogens with zero attached hydrogens (tertiary/aromatic N) is 3. The Labute approximate surface area is 142 Å². The van der Waals surface area contributed by atoms with Crippen LogP contribution < -0.4 is 0 Å². The fraction of sp³-hybridized carbons (Fsp3) is 0.222. The summed E-state index contributed by atoms with van der Waals surface area (Å²) in [5.74, 6) is -2.18. The van der Waals surface area contributed by atoms with Gasteiger partial charge in [-0.3, -0.25) is 4.79 Å². The van der Waals surface area contributed by atoms with Gasteiger partial charge in [-0.2, -0.15) is 0 Å². The summed E-state index contributed by atoms with van der Waals surface area (Å²) in [6.07, 6.45) is 4.51. The smallest absolute Gasteiger partial charge is 0.255 e. The fourth-order valence-corrected chi connectivity index (χ4v) is 3.29. The van der Waals surface area contributed by atoms with Crippen LogP contribution in [-0.2, 0) is 0 Å². The van der Waals surface area contributed by atoms with Gasteiger partial charge in [-0.05, 0) is 36.2 Å². The zero-order valence-electron chi connectivity index (χ0n) is 13.1. The molecule has 1 aliphatic rings. The molecule has 0 aliphatic carbocycles. The number of benzene rings is 1. The number of halogens is 2. The molecule has 2 atom stereocenters. The molecule has 3 aromatic rings. The van der Waals surface area contributed by atoms with Crippen LogP contribution in [0.5, 0.6) is 0 Å². The van der Waals surface area contributed by atoms with E-state index in [0.29, 0.717) is 11.1 Å². The minimum Gasteiger partial charge on any atom is -0.391 e. The number of pyridine rings is 1. The van der Waals surface area contributed by atoms with E-state index in [4.69, 9.17) is 0 Å². The molecule has 1 aliphatic heterocycles. The van der Waals surface area contributed by atoms with Gasteiger partial charge in [-0.1, -0.05) is 6.07 Å². The van der Waals surface area contributed by atoms with Crippen LogP contribution in [0.2, 0.25) is 0 Å². The van der Waals surface area contributed by atoms with Gasteiger partial charge in [0, 0.05) is 12.7 Å². The third kappa shape index (κ3) is 2.76. The zero-order valence-corrected chi connectivity index (χ0v) is 13.1. The van der Waals surface area contributed by atoms with Gasteiger partial charge in [0.2, 0.25) is 0 Å². The molecule has 4 rings (SSSR count). The second kappa shape index (κ2) is 5.93. The van der Waals surface area contributed by atoms with Gasteiger partial charge in [0.1, 0.15) is 0 Å². The maximum absolute atomic E-state index is 13.6. The number of carbonyl (C=O) groups is 1. The molecule has 7 heteroatoms. The van der Waals surface area contributed by atoms with Gasteiger partial charge >= 0.3 is 0 Å². The Bertz CT molecular complexity index is 956. The lowest BCUT2D eigenvalue weighted by molar-refractivity contribution is 0.0715. The summed E-state index contributed by atoms with van der Waals surface area (Å²) >= 11 is 0. The first-order valence-electron chi connectivity index (χ1n) is 7.88. The van der Waals surface area contributed by atoms with E-state index in [-0.39, 0.29) is 18.9 Å². The van der Waals surface area contributed by atoms with Crippen LogP contribution in [0.25, 0.3) is 5.52 Å². The maximum Gasteiger partial charge on any atom is 0.255 e. The molecule has 25 heavy (non-hydrogen) atoms. The monoisotopic (exact) mass is 343 g/mol. The topological polar surface area (TPSA) is 57.8 Å². The van der Waals surface area contributed by atoms with E-state index < -0.39 is 23.8 Å². The Hall–Kier alpha value is -2.80. The van der Waals surface area contributed by atoms with E-state index >= 15 is 0 Å². The summed E-state index contributed by atoms with van der Waals surface area (Å²) in [5.41, 5.74) is 1.76. The van der Waals surface area contributed by atoms with Crippen molar-refractivity contribution < 1.29 is 18.7 Å². The molecular formula is C18H15F2N3O2. The highest BCUT2D eigenvalue weighted by Gasteiger charge is 2.36. The van der Waals surface area contributed by atoms with Gasteiger partial charge < -0.3 is 14.4 Å². The second-order valence-corrected chi connectivity index (χ2v) is 6.18. The summed E-state index contributed by atoms with van der Waals surface area (Å²) in [5, 5.41) is 10.0. The largest absolute Gasteiger partial charge is 0.391 e. The van der Waals surface area contributed by atoms with Crippen molar-refractivity contribution in [1.29, 1.82) is 0 Å². The molecule has 1 amide bonds. The van der Waals surface area contributed by atoms with Crippen molar-refractivity contribution >= 4 is 11.4 Å². The summed E-state index contributed by atoms with van der Waals surface area (Å²) in [6.45, 7) is 0.143. The predicted octanol–water partition coefficient (Wildman–Crippen LogP) is 2.56.